The average molecular weight is 413 g/mol. The summed E-state index contributed by atoms with van der Waals surface area (Å²) in [5.74, 6) is -0.118. The van der Waals surface area contributed by atoms with Crippen LogP contribution in [0.4, 0.5) is 0 Å². The zero-order chi connectivity index (χ0) is 22.1. The Bertz CT molecular complexity index is 429. The van der Waals surface area contributed by atoms with Crippen LogP contribution in [0.15, 0.2) is 0 Å². The van der Waals surface area contributed by atoms with Gasteiger partial charge in [0, 0.05) is 18.3 Å². The van der Waals surface area contributed by atoms with Crippen LogP contribution in [0.2, 0.25) is 0 Å². The Hall–Kier alpha value is -1.06. The first kappa shape index (κ1) is 27.9. The molecular formula is C25H48O4. The summed E-state index contributed by atoms with van der Waals surface area (Å²) < 4.78 is 11.3. The minimum absolute atomic E-state index is 0.138. The van der Waals surface area contributed by atoms with Crippen LogP contribution in [-0.4, -0.2) is 24.6 Å². The maximum atomic E-state index is 12.1. The molecule has 0 saturated heterocycles. The third-order valence-corrected chi connectivity index (χ3v) is 5.46. The summed E-state index contributed by atoms with van der Waals surface area (Å²) in [6, 6.07) is 0. The Morgan fingerprint density at radius 1 is 0.724 bits per heavy atom. The van der Waals surface area contributed by atoms with Gasteiger partial charge in [0.05, 0.1) is 6.61 Å². The maximum Gasteiger partial charge on any atom is 0.306 e. The van der Waals surface area contributed by atoms with Crippen LogP contribution in [-0.2, 0) is 19.1 Å². The lowest BCUT2D eigenvalue weighted by molar-refractivity contribution is -0.165. The van der Waals surface area contributed by atoms with Gasteiger partial charge in [-0.15, -0.1) is 0 Å². The normalized spacial score (nSPS) is 12.8. The molecule has 172 valence electrons. The average Bonchev–Trinajstić information content (AvgIpc) is 2.67. The van der Waals surface area contributed by atoms with Crippen LogP contribution < -0.4 is 0 Å². The fourth-order valence-electron chi connectivity index (χ4n) is 3.72. The number of hydrogen-bond acceptors (Lipinski definition) is 4. The Labute approximate surface area is 180 Å². The highest BCUT2D eigenvalue weighted by atomic mass is 16.6. The lowest BCUT2D eigenvalue weighted by Gasteiger charge is -2.36. The summed E-state index contributed by atoms with van der Waals surface area (Å²) in [5, 5.41) is 0. The van der Waals surface area contributed by atoms with Gasteiger partial charge in [0.25, 0.3) is 0 Å². The summed E-state index contributed by atoms with van der Waals surface area (Å²) in [7, 11) is 0. The number of carbonyl (C=O) groups excluding carboxylic acids is 2. The third-order valence-electron chi connectivity index (χ3n) is 5.46. The molecule has 0 aliphatic carbocycles. The molecule has 0 bridgehead atoms. The quantitative estimate of drug-likeness (QED) is 0.176. The molecule has 0 unspecified atom stereocenters. The van der Waals surface area contributed by atoms with Crippen molar-refractivity contribution in [2.75, 3.05) is 6.61 Å². The highest BCUT2D eigenvalue weighted by Crippen LogP contribution is 2.30. The summed E-state index contributed by atoms with van der Waals surface area (Å²) in [5.41, 5.74) is -0.399. The molecule has 0 radical (unpaired) electrons. The molecule has 4 nitrogen and oxygen atoms in total. The van der Waals surface area contributed by atoms with Gasteiger partial charge in [-0.3, -0.25) is 9.59 Å². The molecule has 0 aliphatic heterocycles. The van der Waals surface area contributed by atoms with E-state index in [1.54, 1.807) is 0 Å². The molecule has 0 aromatic carbocycles. The van der Waals surface area contributed by atoms with Gasteiger partial charge in [0.2, 0.25) is 0 Å². The van der Waals surface area contributed by atoms with Crippen LogP contribution in [0.25, 0.3) is 0 Å². The van der Waals surface area contributed by atoms with E-state index in [9.17, 15) is 9.59 Å². The molecular weight excluding hydrogens is 364 g/mol. The first-order valence-corrected chi connectivity index (χ1v) is 12.1. The molecule has 0 fully saturated rings. The van der Waals surface area contributed by atoms with E-state index in [-0.39, 0.29) is 30.6 Å². The van der Waals surface area contributed by atoms with E-state index >= 15 is 0 Å². The first-order valence-electron chi connectivity index (χ1n) is 12.1. The van der Waals surface area contributed by atoms with Crippen molar-refractivity contribution in [3.05, 3.63) is 0 Å². The predicted molar refractivity (Wildman–Crippen MR) is 121 cm³/mol. The standard InChI is InChI=1S/C25H48O4/c1-7-9-11-12-13-14-15-16-17-19-22(26)28-20-25(5,6)24(21(3)4)29-23(27)18-10-8-2/h21,24H,7-20H2,1-6H3/t24-/m0/s1. The minimum Gasteiger partial charge on any atom is -0.465 e. The fourth-order valence-corrected chi connectivity index (χ4v) is 3.72. The van der Waals surface area contributed by atoms with E-state index in [2.05, 4.69) is 13.8 Å². The van der Waals surface area contributed by atoms with Gasteiger partial charge in [-0.25, -0.2) is 0 Å². The van der Waals surface area contributed by atoms with Crippen LogP contribution in [0.5, 0.6) is 0 Å². The lowest BCUT2D eigenvalue weighted by Crippen LogP contribution is -2.41. The Morgan fingerprint density at radius 2 is 1.21 bits per heavy atom. The summed E-state index contributed by atoms with van der Waals surface area (Å²) >= 11 is 0. The molecule has 0 aromatic heterocycles. The summed E-state index contributed by atoms with van der Waals surface area (Å²) in [4.78, 5) is 24.2. The van der Waals surface area contributed by atoms with Gasteiger partial charge >= 0.3 is 11.9 Å². The van der Waals surface area contributed by atoms with E-state index in [1.165, 1.54) is 44.9 Å². The van der Waals surface area contributed by atoms with E-state index in [0.29, 0.717) is 12.8 Å². The van der Waals surface area contributed by atoms with E-state index in [0.717, 1.165) is 25.7 Å². The second-order valence-electron chi connectivity index (χ2n) is 9.49. The van der Waals surface area contributed by atoms with Crippen molar-refractivity contribution in [3.8, 4) is 0 Å². The molecule has 0 N–H and O–H groups in total. The van der Waals surface area contributed by atoms with Crippen molar-refractivity contribution in [2.45, 2.75) is 131 Å². The molecule has 0 saturated carbocycles. The molecule has 0 spiro atoms. The Kier molecular flexibility index (Phi) is 16.1. The number of carbonyl (C=O) groups is 2. The molecule has 0 heterocycles. The van der Waals surface area contributed by atoms with Gasteiger partial charge < -0.3 is 9.47 Å². The molecule has 1 atom stereocenters. The smallest absolute Gasteiger partial charge is 0.306 e. The van der Waals surface area contributed by atoms with Gasteiger partial charge in [-0.05, 0) is 18.8 Å². The summed E-state index contributed by atoms with van der Waals surface area (Å²) in [6.07, 6.45) is 13.6. The number of hydrogen-bond donors (Lipinski definition) is 0. The van der Waals surface area contributed by atoms with Crippen molar-refractivity contribution in [2.24, 2.45) is 11.3 Å². The molecule has 0 rings (SSSR count). The molecule has 0 amide bonds. The van der Waals surface area contributed by atoms with Gasteiger partial charge in [0.1, 0.15) is 6.10 Å². The van der Waals surface area contributed by atoms with Crippen LogP contribution >= 0.6 is 0 Å². The van der Waals surface area contributed by atoms with Crippen molar-refractivity contribution in [1.29, 1.82) is 0 Å². The molecule has 0 aliphatic rings. The minimum atomic E-state index is -0.399. The second-order valence-corrected chi connectivity index (χ2v) is 9.49. The largest absolute Gasteiger partial charge is 0.465 e. The zero-order valence-electron chi connectivity index (χ0n) is 20.2. The highest BCUT2D eigenvalue weighted by Gasteiger charge is 2.36. The third kappa shape index (κ3) is 14.5. The summed E-state index contributed by atoms with van der Waals surface area (Å²) in [6.45, 7) is 12.7. The number of rotatable bonds is 18. The molecule has 0 aromatic rings. The van der Waals surface area contributed by atoms with E-state index < -0.39 is 5.41 Å². The first-order chi connectivity index (χ1) is 13.7. The molecule has 4 heteroatoms. The Balaban J connectivity index is 4.11. The van der Waals surface area contributed by atoms with Gasteiger partial charge in [-0.1, -0.05) is 99.3 Å². The predicted octanol–water partition coefficient (Wildman–Crippen LogP) is 7.23. The van der Waals surface area contributed by atoms with Gasteiger partial charge in [0.15, 0.2) is 0 Å². The Morgan fingerprint density at radius 3 is 1.72 bits per heavy atom. The van der Waals surface area contributed by atoms with Crippen molar-refractivity contribution >= 4 is 11.9 Å². The zero-order valence-corrected chi connectivity index (χ0v) is 20.2. The highest BCUT2D eigenvalue weighted by molar-refractivity contribution is 5.70. The SMILES string of the molecule is CCCCCCCCCCCC(=O)OCC(C)(C)[C@@H](OC(=O)CCCC)C(C)C. The number of ether oxygens (including phenoxy) is 2. The lowest BCUT2D eigenvalue weighted by atomic mass is 9.81. The van der Waals surface area contributed by atoms with Crippen LogP contribution in [0.3, 0.4) is 0 Å². The fraction of sp³-hybridized carbons (Fsp3) is 0.920. The van der Waals surface area contributed by atoms with Gasteiger partial charge in [-0.2, -0.15) is 0 Å². The topological polar surface area (TPSA) is 52.6 Å². The van der Waals surface area contributed by atoms with Crippen LogP contribution in [0, 0.1) is 11.3 Å². The van der Waals surface area contributed by atoms with Crippen LogP contribution in [0.1, 0.15) is 125 Å². The number of esters is 2. The number of unbranched alkanes of at least 4 members (excludes halogenated alkanes) is 9. The molecule has 29 heavy (non-hydrogen) atoms. The second kappa shape index (κ2) is 16.7. The van der Waals surface area contributed by atoms with E-state index in [1.807, 2.05) is 27.7 Å². The maximum absolute atomic E-state index is 12.1. The monoisotopic (exact) mass is 412 g/mol. The van der Waals surface area contributed by atoms with E-state index in [4.69, 9.17) is 9.47 Å². The van der Waals surface area contributed by atoms with Crippen molar-refractivity contribution in [1.82, 2.24) is 0 Å². The van der Waals surface area contributed by atoms with Crippen molar-refractivity contribution < 1.29 is 19.1 Å². The van der Waals surface area contributed by atoms with Crippen molar-refractivity contribution in [3.63, 3.8) is 0 Å².